The number of hydrogen-bond donors (Lipinski definition) is 0. The summed E-state index contributed by atoms with van der Waals surface area (Å²) in [5.41, 5.74) is 4.11. The lowest BCUT2D eigenvalue weighted by molar-refractivity contribution is -0.128. The molecule has 3 aromatic rings. The zero-order valence-electron chi connectivity index (χ0n) is 18.7. The number of hydrogen-bond acceptors (Lipinski definition) is 4. The number of aryl methyl sites for hydroxylation is 2. The van der Waals surface area contributed by atoms with E-state index in [1.54, 1.807) is 30.2 Å². The summed E-state index contributed by atoms with van der Waals surface area (Å²) < 4.78 is 10.8. The summed E-state index contributed by atoms with van der Waals surface area (Å²) in [4.78, 5) is 30.5. The van der Waals surface area contributed by atoms with Crippen molar-refractivity contribution in [2.45, 2.75) is 19.9 Å². The number of ether oxygens (including phenoxy) is 2. The Bertz CT molecular complexity index is 1140. The Balaban J connectivity index is 1.84. The van der Waals surface area contributed by atoms with Crippen molar-refractivity contribution in [1.82, 2.24) is 0 Å². The quantitative estimate of drug-likeness (QED) is 0.600. The number of nitrogens with zero attached hydrogens (tertiary/aromatic N) is 2. The molecule has 1 aliphatic rings. The second-order valence-electron chi connectivity index (χ2n) is 7.87. The Morgan fingerprint density at radius 2 is 1.44 bits per heavy atom. The lowest BCUT2D eigenvalue weighted by Gasteiger charge is -2.40. The van der Waals surface area contributed by atoms with Crippen LogP contribution in [0.4, 0.5) is 11.4 Å². The Kier molecular flexibility index (Phi) is 5.86. The Morgan fingerprint density at radius 1 is 0.812 bits per heavy atom. The maximum absolute atomic E-state index is 13.9. The minimum Gasteiger partial charge on any atom is -0.497 e. The maximum atomic E-state index is 13.9. The van der Waals surface area contributed by atoms with Gasteiger partial charge in [-0.1, -0.05) is 47.5 Å². The van der Waals surface area contributed by atoms with Crippen LogP contribution in [-0.4, -0.2) is 32.6 Å². The summed E-state index contributed by atoms with van der Waals surface area (Å²) in [6.07, 6.45) is 0. The zero-order chi connectivity index (χ0) is 22.8. The predicted octanol–water partition coefficient (Wildman–Crippen LogP) is 4.44. The van der Waals surface area contributed by atoms with E-state index < -0.39 is 6.04 Å². The van der Waals surface area contributed by atoms with Crippen LogP contribution >= 0.6 is 0 Å². The zero-order valence-corrected chi connectivity index (χ0v) is 18.7. The van der Waals surface area contributed by atoms with E-state index in [0.29, 0.717) is 22.9 Å². The summed E-state index contributed by atoms with van der Waals surface area (Å²) in [7, 11) is 3.10. The minimum absolute atomic E-state index is 0.0986. The standard InChI is InChI=1S/C26H26N2O4/c1-17-5-9-19(10-6-17)25-26(30)27(22-15-21(31-3)13-14-23(22)32-4)16-24(29)28(25)20-11-7-18(2)8-12-20/h5-15,25H,16H2,1-4H3/t25-/m0/s1. The minimum atomic E-state index is -0.796. The number of benzene rings is 3. The van der Waals surface area contributed by atoms with Crippen LogP contribution in [0, 0.1) is 13.8 Å². The van der Waals surface area contributed by atoms with Crippen LogP contribution in [0.1, 0.15) is 22.7 Å². The van der Waals surface area contributed by atoms with Gasteiger partial charge in [-0.3, -0.25) is 19.4 Å². The molecule has 1 aliphatic heterocycles. The van der Waals surface area contributed by atoms with Crippen LogP contribution in [-0.2, 0) is 9.59 Å². The molecular formula is C26H26N2O4. The van der Waals surface area contributed by atoms with Gasteiger partial charge in [0.15, 0.2) is 0 Å². The van der Waals surface area contributed by atoms with Crippen LogP contribution in [0.25, 0.3) is 0 Å². The molecule has 0 aliphatic carbocycles. The lowest BCUT2D eigenvalue weighted by Crippen LogP contribution is -2.56. The summed E-state index contributed by atoms with van der Waals surface area (Å²) >= 11 is 0. The fraction of sp³-hybridized carbons (Fsp3) is 0.231. The van der Waals surface area contributed by atoms with Gasteiger partial charge in [0.2, 0.25) is 5.91 Å². The van der Waals surface area contributed by atoms with E-state index in [9.17, 15) is 9.59 Å². The van der Waals surface area contributed by atoms with E-state index in [1.807, 2.05) is 62.4 Å². The highest BCUT2D eigenvalue weighted by Crippen LogP contribution is 2.39. The molecule has 0 unspecified atom stereocenters. The number of anilines is 2. The molecule has 1 heterocycles. The summed E-state index contributed by atoms with van der Waals surface area (Å²) in [5.74, 6) is 0.691. The third-order valence-corrected chi connectivity index (χ3v) is 5.70. The number of methoxy groups -OCH3 is 2. The topological polar surface area (TPSA) is 59.1 Å². The first-order chi connectivity index (χ1) is 15.4. The van der Waals surface area contributed by atoms with E-state index in [0.717, 1.165) is 16.7 Å². The van der Waals surface area contributed by atoms with E-state index in [2.05, 4.69) is 0 Å². The smallest absolute Gasteiger partial charge is 0.255 e. The molecular weight excluding hydrogens is 404 g/mol. The molecule has 1 saturated heterocycles. The van der Waals surface area contributed by atoms with E-state index in [4.69, 9.17) is 9.47 Å². The molecule has 1 fully saturated rings. The fourth-order valence-corrected chi connectivity index (χ4v) is 3.94. The molecule has 0 bridgehead atoms. The van der Waals surface area contributed by atoms with Gasteiger partial charge in [-0.25, -0.2) is 0 Å². The molecule has 1 atom stereocenters. The average molecular weight is 431 g/mol. The molecule has 0 saturated carbocycles. The summed E-state index contributed by atoms with van der Waals surface area (Å²) in [6.45, 7) is 3.88. The molecule has 164 valence electrons. The monoisotopic (exact) mass is 430 g/mol. The van der Waals surface area contributed by atoms with Gasteiger partial charge in [0.1, 0.15) is 24.1 Å². The van der Waals surface area contributed by atoms with Gasteiger partial charge in [-0.15, -0.1) is 0 Å². The Morgan fingerprint density at radius 3 is 2.03 bits per heavy atom. The van der Waals surface area contributed by atoms with Gasteiger partial charge in [0.25, 0.3) is 5.91 Å². The SMILES string of the molecule is COc1ccc(OC)c(N2CC(=O)N(c3ccc(C)cc3)[C@@H](c3ccc(C)cc3)C2=O)c1. The fourth-order valence-electron chi connectivity index (χ4n) is 3.94. The van der Waals surface area contributed by atoms with E-state index in [1.165, 1.54) is 12.0 Å². The summed E-state index contributed by atoms with van der Waals surface area (Å²) in [5, 5.41) is 0. The second kappa shape index (κ2) is 8.75. The Hall–Kier alpha value is -3.80. The number of amides is 2. The molecule has 0 N–H and O–H groups in total. The molecule has 0 spiro atoms. The third-order valence-electron chi connectivity index (χ3n) is 5.70. The average Bonchev–Trinajstić information content (AvgIpc) is 2.81. The molecule has 2 amide bonds. The normalized spacial score (nSPS) is 16.3. The maximum Gasteiger partial charge on any atom is 0.255 e. The first-order valence-corrected chi connectivity index (χ1v) is 10.4. The highest BCUT2D eigenvalue weighted by Gasteiger charge is 2.42. The summed E-state index contributed by atoms with van der Waals surface area (Å²) in [6, 6.07) is 19.8. The van der Waals surface area contributed by atoms with Crippen molar-refractivity contribution in [1.29, 1.82) is 0 Å². The number of carbonyl (C=O) groups is 2. The molecule has 6 nitrogen and oxygen atoms in total. The molecule has 6 heteroatoms. The van der Waals surface area contributed by atoms with E-state index >= 15 is 0 Å². The molecule has 0 radical (unpaired) electrons. The number of rotatable bonds is 5. The van der Waals surface area contributed by atoms with E-state index in [-0.39, 0.29) is 18.4 Å². The largest absolute Gasteiger partial charge is 0.497 e. The molecule has 3 aromatic carbocycles. The van der Waals surface area contributed by atoms with Crippen LogP contribution < -0.4 is 19.3 Å². The van der Waals surface area contributed by atoms with Crippen molar-refractivity contribution in [3.63, 3.8) is 0 Å². The van der Waals surface area contributed by atoms with Crippen LogP contribution in [0.5, 0.6) is 11.5 Å². The van der Waals surface area contributed by atoms with Crippen molar-refractivity contribution in [3.8, 4) is 11.5 Å². The van der Waals surface area contributed by atoms with Crippen molar-refractivity contribution >= 4 is 23.2 Å². The van der Waals surface area contributed by atoms with Gasteiger partial charge < -0.3 is 9.47 Å². The lowest BCUT2D eigenvalue weighted by atomic mass is 9.98. The van der Waals surface area contributed by atoms with Crippen molar-refractivity contribution < 1.29 is 19.1 Å². The number of carbonyl (C=O) groups excluding carboxylic acids is 2. The van der Waals surface area contributed by atoms with Gasteiger partial charge in [0.05, 0.1) is 19.9 Å². The first-order valence-electron chi connectivity index (χ1n) is 10.4. The molecule has 4 rings (SSSR count). The van der Waals surface area contributed by atoms with Gasteiger partial charge in [0, 0.05) is 11.8 Å². The molecule has 0 aromatic heterocycles. The third kappa shape index (κ3) is 3.91. The molecule has 32 heavy (non-hydrogen) atoms. The van der Waals surface area contributed by atoms with Crippen LogP contribution in [0.15, 0.2) is 66.7 Å². The number of piperazine rings is 1. The van der Waals surface area contributed by atoms with Crippen molar-refractivity contribution in [2.24, 2.45) is 0 Å². The second-order valence-corrected chi connectivity index (χ2v) is 7.87. The van der Waals surface area contributed by atoms with Gasteiger partial charge >= 0.3 is 0 Å². The highest BCUT2D eigenvalue weighted by molar-refractivity contribution is 6.15. The van der Waals surface area contributed by atoms with Gasteiger partial charge in [-0.05, 0) is 43.7 Å². The predicted molar refractivity (Wildman–Crippen MR) is 124 cm³/mol. The van der Waals surface area contributed by atoms with Crippen LogP contribution in [0.2, 0.25) is 0 Å². The highest BCUT2D eigenvalue weighted by atomic mass is 16.5. The van der Waals surface area contributed by atoms with Crippen molar-refractivity contribution in [2.75, 3.05) is 30.6 Å². The Labute approximate surface area is 188 Å². The van der Waals surface area contributed by atoms with Crippen molar-refractivity contribution in [3.05, 3.63) is 83.4 Å². The van der Waals surface area contributed by atoms with Gasteiger partial charge in [-0.2, -0.15) is 0 Å². The van der Waals surface area contributed by atoms with Crippen LogP contribution in [0.3, 0.4) is 0 Å². The first kappa shape index (κ1) is 21.4.